The van der Waals surface area contributed by atoms with E-state index < -0.39 is 0 Å². The first-order valence-electron chi connectivity index (χ1n) is 15.3. The second-order valence-electron chi connectivity index (χ2n) is 11.3. The Labute approximate surface area is 273 Å². The average Bonchev–Trinajstić information content (AvgIpc) is 3.62. The Morgan fingerprint density at radius 1 is 0.936 bits per heavy atom. The first kappa shape index (κ1) is 31.0. The van der Waals surface area contributed by atoms with Crippen molar-refractivity contribution in [2.24, 2.45) is 0 Å². The van der Waals surface area contributed by atoms with Gasteiger partial charge in [0, 0.05) is 47.8 Å². The van der Waals surface area contributed by atoms with Gasteiger partial charge in [0.15, 0.2) is 0 Å². The van der Waals surface area contributed by atoms with Gasteiger partial charge in [0.2, 0.25) is 5.91 Å². The highest BCUT2D eigenvalue weighted by Crippen LogP contribution is 2.33. The molecule has 0 radical (unpaired) electrons. The van der Waals surface area contributed by atoms with Gasteiger partial charge in [-0.3, -0.25) is 9.59 Å². The fourth-order valence-electron chi connectivity index (χ4n) is 5.65. The molecule has 0 saturated heterocycles. The number of fused-ring (bicyclic) bond motifs is 1. The third kappa shape index (κ3) is 6.82. The number of hydrogen-bond donors (Lipinski definition) is 2. The van der Waals surface area contributed by atoms with Gasteiger partial charge in [-0.1, -0.05) is 48.5 Å². The van der Waals surface area contributed by atoms with Crippen LogP contribution in [0.4, 0.5) is 5.69 Å². The molecule has 0 saturated carbocycles. The van der Waals surface area contributed by atoms with Crippen molar-refractivity contribution in [3.05, 3.63) is 143 Å². The Kier molecular flexibility index (Phi) is 8.93. The average molecular weight is 622 g/mol. The molecule has 6 aromatic rings. The summed E-state index contributed by atoms with van der Waals surface area (Å²) in [6.45, 7) is 6.56. The summed E-state index contributed by atoms with van der Waals surface area (Å²) < 4.78 is 8.46. The van der Waals surface area contributed by atoms with Crippen LogP contribution in [-0.2, 0) is 11.4 Å². The number of nitrogens with zero attached hydrogens (tertiary/aromatic N) is 3. The molecule has 2 aromatic heterocycles. The van der Waals surface area contributed by atoms with Crippen molar-refractivity contribution in [2.75, 3.05) is 12.4 Å². The van der Waals surface area contributed by atoms with Crippen LogP contribution in [-0.4, -0.2) is 33.4 Å². The molecule has 2 amide bonds. The van der Waals surface area contributed by atoms with Gasteiger partial charge in [0.1, 0.15) is 17.9 Å². The van der Waals surface area contributed by atoms with Crippen LogP contribution in [0.3, 0.4) is 0 Å². The summed E-state index contributed by atoms with van der Waals surface area (Å²) in [7, 11) is 1.59. The fourth-order valence-corrected chi connectivity index (χ4v) is 5.65. The number of anilines is 1. The molecule has 0 bridgehead atoms. The van der Waals surface area contributed by atoms with Crippen LogP contribution in [0.2, 0.25) is 0 Å². The van der Waals surface area contributed by atoms with Gasteiger partial charge in [-0.15, -0.1) is 0 Å². The predicted molar refractivity (Wildman–Crippen MR) is 187 cm³/mol. The van der Waals surface area contributed by atoms with Crippen LogP contribution < -0.4 is 15.4 Å². The lowest BCUT2D eigenvalue weighted by Gasteiger charge is -2.17. The number of nitrogens with one attached hydrogen (secondary N) is 2. The third-order valence-electron chi connectivity index (χ3n) is 8.16. The van der Waals surface area contributed by atoms with Crippen LogP contribution in [0.15, 0.2) is 110 Å². The van der Waals surface area contributed by atoms with Crippen molar-refractivity contribution >= 4 is 34.5 Å². The zero-order valence-corrected chi connectivity index (χ0v) is 26.7. The summed E-state index contributed by atoms with van der Waals surface area (Å²) in [4.78, 5) is 33.6. The second-order valence-corrected chi connectivity index (χ2v) is 11.3. The highest BCUT2D eigenvalue weighted by atomic mass is 16.5. The van der Waals surface area contributed by atoms with Gasteiger partial charge in [0.25, 0.3) is 5.91 Å². The number of aromatic nitrogens is 3. The number of carbonyl (C=O) groups excluding carboxylic acids is 2. The van der Waals surface area contributed by atoms with E-state index in [1.165, 1.54) is 6.08 Å². The maximum absolute atomic E-state index is 12.8. The minimum absolute atomic E-state index is 0.153. The van der Waals surface area contributed by atoms with E-state index in [4.69, 9.17) is 9.72 Å². The van der Waals surface area contributed by atoms with Gasteiger partial charge in [-0.25, -0.2) is 9.97 Å². The molecule has 47 heavy (non-hydrogen) atoms. The van der Waals surface area contributed by atoms with Crippen LogP contribution in [0.25, 0.3) is 33.8 Å². The largest absolute Gasteiger partial charge is 0.487 e. The van der Waals surface area contributed by atoms with Gasteiger partial charge < -0.3 is 19.9 Å². The lowest BCUT2D eigenvalue weighted by Crippen LogP contribution is -2.17. The molecule has 0 spiro atoms. The Morgan fingerprint density at radius 2 is 1.74 bits per heavy atom. The van der Waals surface area contributed by atoms with Crippen LogP contribution in [0.1, 0.15) is 38.3 Å². The number of pyridine rings is 1. The first-order valence-corrected chi connectivity index (χ1v) is 15.3. The molecule has 0 fully saturated rings. The van der Waals surface area contributed by atoms with Crippen LogP contribution in [0.5, 0.6) is 5.75 Å². The minimum atomic E-state index is -0.248. The molecular formula is C39H35N5O3. The van der Waals surface area contributed by atoms with Gasteiger partial charge in [0.05, 0.1) is 12.0 Å². The molecule has 0 aliphatic carbocycles. The maximum Gasteiger partial charge on any atom is 0.251 e. The maximum atomic E-state index is 12.8. The monoisotopic (exact) mass is 621 g/mol. The van der Waals surface area contributed by atoms with E-state index in [0.717, 1.165) is 61.4 Å². The summed E-state index contributed by atoms with van der Waals surface area (Å²) in [6.07, 6.45) is 8.67. The lowest BCUT2D eigenvalue weighted by atomic mass is 9.93. The first-order chi connectivity index (χ1) is 22.8. The Bertz CT molecular complexity index is 2120. The number of rotatable bonds is 9. The van der Waals surface area contributed by atoms with Gasteiger partial charge >= 0.3 is 0 Å². The number of ether oxygens (including phenoxy) is 1. The summed E-state index contributed by atoms with van der Waals surface area (Å²) in [5.41, 5.74) is 10.2. The van der Waals surface area contributed by atoms with E-state index in [0.29, 0.717) is 17.9 Å². The quantitative estimate of drug-likeness (QED) is 0.162. The summed E-state index contributed by atoms with van der Waals surface area (Å²) in [6, 6.07) is 27.1. The second kappa shape index (κ2) is 13.5. The number of benzene rings is 4. The lowest BCUT2D eigenvalue weighted by molar-refractivity contribution is -0.111. The molecule has 4 aromatic carbocycles. The van der Waals surface area contributed by atoms with Crippen molar-refractivity contribution in [1.82, 2.24) is 19.9 Å². The van der Waals surface area contributed by atoms with Gasteiger partial charge in [-0.05, 0) is 96.6 Å². The molecular weight excluding hydrogens is 586 g/mol. The van der Waals surface area contributed by atoms with E-state index in [9.17, 15) is 9.59 Å². The molecule has 0 aliphatic rings. The van der Waals surface area contributed by atoms with Crippen molar-refractivity contribution in [3.63, 3.8) is 0 Å². The van der Waals surface area contributed by atoms with Crippen molar-refractivity contribution in [3.8, 4) is 22.6 Å². The molecule has 6 rings (SSSR count). The number of hydrogen-bond acceptors (Lipinski definition) is 5. The highest BCUT2D eigenvalue weighted by Gasteiger charge is 2.14. The normalized spacial score (nSPS) is 11.1. The van der Waals surface area contributed by atoms with Crippen molar-refractivity contribution in [2.45, 2.75) is 27.4 Å². The van der Waals surface area contributed by atoms with E-state index in [1.54, 1.807) is 49.9 Å². The molecule has 8 nitrogen and oxygen atoms in total. The molecule has 234 valence electrons. The molecule has 2 heterocycles. The third-order valence-corrected chi connectivity index (χ3v) is 8.16. The molecule has 8 heteroatoms. The van der Waals surface area contributed by atoms with Crippen LogP contribution in [0, 0.1) is 20.8 Å². The zero-order valence-electron chi connectivity index (χ0n) is 26.7. The SMILES string of the molecule is CNC(=O)c1ccc(C=CC(=O)Nc2cccc(-c3ccc(C)c(COc4cccc5c(-n6ccnc6)cc(C)nc45)c3C)c2)cc1. The topological polar surface area (TPSA) is 98.1 Å². The molecule has 0 aliphatic heterocycles. The Balaban J connectivity index is 1.20. The van der Waals surface area contributed by atoms with E-state index in [1.807, 2.05) is 60.2 Å². The minimum Gasteiger partial charge on any atom is -0.487 e. The Hall–Kier alpha value is -6.02. The Morgan fingerprint density at radius 3 is 2.51 bits per heavy atom. The van der Waals surface area contributed by atoms with E-state index in [-0.39, 0.29) is 11.8 Å². The predicted octanol–water partition coefficient (Wildman–Crippen LogP) is 7.60. The van der Waals surface area contributed by atoms with E-state index >= 15 is 0 Å². The van der Waals surface area contributed by atoms with E-state index in [2.05, 4.69) is 47.7 Å². The van der Waals surface area contributed by atoms with Gasteiger partial charge in [-0.2, -0.15) is 0 Å². The fraction of sp³-hybridized carbons (Fsp3) is 0.128. The smallest absolute Gasteiger partial charge is 0.251 e. The number of para-hydroxylation sites is 1. The number of aryl methyl sites for hydroxylation is 2. The highest BCUT2D eigenvalue weighted by molar-refractivity contribution is 6.02. The van der Waals surface area contributed by atoms with Crippen molar-refractivity contribution in [1.29, 1.82) is 0 Å². The van der Waals surface area contributed by atoms with Crippen LogP contribution >= 0.6 is 0 Å². The summed E-state index contributed by atoms with van der Waals surface area (Å²) >= 11 is 0. The summed E-state index contributed by atoms with van der Waals surface area (Å²) in [5, 5.41) is 6.55. The molecule has 0 unspecified atom stereocenters. The number of amides is 2. The van der Waals surface area contributed by atoms with Crippen molar-refractivity contribution < 1.29 is 14.3 Å². The number of carbonyl (C=O) groups is 2. The standard InChI is InChI=1S/C39H35N5O3/c1-25-11-17-32(30-7-5-8-31(22-30)43-37(45)18-14-28-12-15-29(16-13-28)39(46)40-4)27(3)34(25)23-47-36-10-6-9-33-35(44-20-19-41-24-44)21-26(2)42-38(33)36/h5-22,24H,23H2,1-4H3,(H,40,46)(H,43,45). The summed E-state index contributed by atoms with van der Waals surface area (Å²) in [5.74, 6) is 0.318. The molecule has 0 atom stereocenters. The number of imidazole rings is 1. The zero-order chi connectivity index (χ0) is 32.9. The molecule has 2 N–H and O–H groups in total.